The van der Waals surface area contributed by atoms with E-state index in [1.165, 1.54) is 127 Å². The molecule has 2 nitrogen and oxygen atoms in total. The molecule has 0 aliphatic rings. The Balaban J connectivity index is 1.81. The molecule has 0 amide bonds. The highest BCUT2D eigenvalue weighted by molar-refractivity contribution is 7.99. The van der Waals surface area contributed by atoms with E-state index in [4.69, 9.17) is 23.2 Å². The SMILES string of the molecule is CCCCCCCCCCCCc1cc(Cl)c(O)c(Sc2cc(CCCCCCCCCCCC)cc(Cl)c2O)c1. The van der Waals surface area contributed by atoms with Gasteiger partial charge in [-0.05, 0) is 61.1 Å². The molecule has 2 aromatic carbocycles. The van der Waals surface area contributed by atoms with E-state index >= 15 is 0 Å². The molecule has 0 aliphatic heterocycles. The average molecular weight is 624 g/mol. The molecule has 0 atom stereocenters. The maximum Gasteiger partial charge on any atom is 0.148 e. The maximum atomic E-state index is 10.7. The van der Waals surface area contributed by atoms with Crippen molar-refractivity contribution < 1.29 is 10.2 Å². The first kappa shape index (κ1) is 36.2. The lowest BCUT2D eigenvalue weighted by Gasteiger charge is -2.13. The van der Waals surface area contributed by atoms with Crippen LogP contribution < -0.4 is 0 Å². The molecule has 0 saturated heterocycles. The lowest BCUT2D eigenvalue weighted by Crippen LogP contribution is -1.91. The van der Waals surface area contributed by atoms with Crippen molar-refractivity contribution in [3.8, 4) is 11.5 Å². The van der Waals surface area contributed by atoms with Gasteiger partial charge in [-0.2, -0.15) is 0 Å². The summed E-state index contributed by atoms with van der Waals surface area (Å²) < 4.78 is 0. The molecule has 2 aromatic rings. The molecular formula is C36H56Cl2O2S. The molecule has 0 radical (unpaired) electrons. The van der Waals surface area contributed by atoms with Crippen LogP contribution in [0.4, 0.5) is 0 Å². The molecule has 0 fully saturated rings. The van der Waals surface area contributed by atoms with Crippen molar-refractivity contribution in [1.82, 2.24) is 0 Å². The fourth-order valence-electron chi connectivity index (χ4n) is 5.45. The number of aromatic hydroxyl groups is 2. The zero-order valence-corrected chi connectivity index (χ0v) is 28.3. The van der Waals surface area contributed by atoms with Crippen LogP contribution in [0.15, 0.2) is 34.1 Å². The van der Waals surface area contributed by atoms with Crippen molar-refractivity contribution in [2.45, 2.75) is 165 Å². The van der Waals surface area contributed by atoms with Crippen LogP contribution in [0.3, 0.4) is 0 Å². The summed E-state index contributed by atoms with van der Waals surface area (Å²) in [5.41, 5.74) is 2.25. The van der Waals surface area contributed by atoms with E-state index < -0.39 is 0 Å². The van der Waals surface area contributed by atoms with Gasteiger partial charge in [0.1, 0.15) is 11.5 Å². The number of unbranched alkanes of at least 4 members (excludes halogenated alkanes) is 18. The van der Waals surface area contributed by atoms with E-state index in [1.807, 2.05) is 24.3 Å². The Labute approximate surface area is 266 Å². The van der Waals surface area contributed by atoms with E-state index in [9.17, 15) is 10.2 Å². The zero-order valence-electron chi connectivity index (χ0n) is 25.9. The Morgan fingerprint density at radius 2 is 0.756 bits per heavy atom. The van der Waals surface area contributed by atoms with Crippen molar-refractivity contribution in [3.63, 3.8) is 0 Å². The Hall–Kier alpha value is -1.03. The van der Waals surface area contributed by atoms with Gasteiger partial charge in [0.15, 0.2) is 0 Å². The fourth-order valence-corrected chi connectivity index (χ4v) is 7.12. The molecular weight excluding hydrogens is 567 g/mol. The lowest BCUT2D eigenvalue weighted by molar-refractivity contribution is 0.459. The van der Waals surface area contributed by atoms with E-state index in [1.54, 1.807) is 0 Å². The van der Waals surface area contributed by atoms with E-state index in [2.05, 4.69) is 13.8 Å². The second-order valence-corrected chi connectivity index (χ2v) is 13.7. The number of halogens is 2. The van der Waals surface area contributed by atoms with Gasteiger partial charge in [-0.25, -0.2) is 0 Å². The molecule has 0 bridgehead atoms. The number of aryl methyl sites for hydroxylation is 2. The van der Waals surface area contributed by atoms with Crippen molar-refractivity contribution in [1.29, 1.82) is 0 Å². The van der Waals surface area contributed by atoms with E-state index in [0.29, 0.717) is 19.8 Å². The minimum absolute atomic E-state index is 0.0686. The van der Waals surface area contributed by atoms with Gasteiger partial charge < -0.3 is 10.2 Å². The average Bonchev–Trinajstić information content (AvgIpc) is 2.96. The van der Waals surface area contributed by atoms with E-state index in [0.717, 1.165) is 36.8 Å². The van der Waals surface area contributed by atoms with Crippen LogP contribution in [0, 0.1) is 0 Å². The van der Waals surface area contributed by atoms with Crippen molar-refractivity contribution in [3.05, 3.63) is 45.4 Å². The second-order valence-electron chi connectivity index (χ2n) is 11.8. The normalized spacial score (nSPS) is 11.4. The van der Waals surface area contributed by atoms with Gasteiger partial charge in [-0.1, -0.05) is 164 Å². The third kappa shape index (κ3) is 15.3. The van der Waals surface area contributed by atoms with Crippen LogP contribution in [-0.4, -0.2) is 10.2 Å². The molecule has 41 heavy (non-hydrogen) atoms. The zero-order chi connectivity index (χ0) is 29.7. The van der Waals surface area contributed by atoms with Crippen LogP contribution in [-0.2, 0) is 12.8 Å². The predicted molar refractivity (Wildman–Crippen MR) is 181 cm³/mol. The molecule has 2 rings (SSSR count). The summed E-state index contributed by atoms with van der Waals surface area (Å²) in [4.78, 5) is 1.34. The summed E-state index contributed by atoms with van der Waals surface area (Å²) in [6.07, 6.45) is 28.0. The standard InChI is InChI=1S/C36H56Cl2O2S/c1-3-5-7-9-11-13-15-17-19-21-23-29-25-31(37)35(39)33(27-29)41-34-28-30(26-32(38)36(34)40)24-22-20-18-16-14-12-10-8-6-4-2/h25-28,39-40H,3-24H2,1-2H3. The first-order chi connectivity index (χ1) is 20.0. The summed E-state index contributed by atoms with van der Waals surface area (Å²) in [6, 6.07) is 7.79. The smallest absolute Gasteiger partial charge is 0.148 e. The molecule has 0 spiro atoms. The van der Waals surface area contributed by atoms with Gasteiger partial charge in [0, 0.05) is 0 Å². The Kier molecular flexibility index (Phi) is 19.8. The largest absolute Gasteiger partial charge is 0.505 e. The minimum atomic E-state index is 0.0686. The van der Waals surface area contributed by atoms with Crippen LogP contribution in [0.2, 0.25) is 10.0 Å². The van der Waals surface area contributed by atoms with Gasteiger partial charge in [0.05, 0.1) is 19.8 Å². The monoisotopic (exact) mass is 622 g/mol. The molecule has 0 unspecified atom stereocenters. The molecule has 2 N–H and O–H groups in total. The Morgan fingerprint density at radius 3 is 1.07 bits per heavy atom. The summed E-state index contributed by atoms with van der Waals surface area (Å²) in [5.74, 6) is 0.137. The summed E-state index contributed by atoms with van der Waals surface area (Å²) in [7, 11) is 0. The molecule has 0 heterocycles. The summed E-state index contributed by atoms with van der Waals surface area (Å²) in [5, 5.41) is 22.1. The second kappa shape index (κ2) is 22.5. The number of phenols is 2. The van der Waals surface area contributed by atoms with Gasteiger partial charge in [-0.3, -0.25) is 0 Å². The van der Waals surface area contributed by atoms with Crippen LogP contribution >= 0.6 is 35.0 Å². The number of benzene rings is 2. The van der Waals surface area contributed by atoms with Crippen molar-refractivity contribution >= 4 is 35.0 Å². The maximum absolute atomic E-state index is 10.7. The number of hydrogen-bond donors (Lipinski definition) is 2. The minimum Gasteiger partial charge on any atom is -0.505 e. The van der Waals surface area contributed by atoms with Crippen molar-refractivity contribution in [2.24, 2.45) is 0 Å². The highest BCUT2D eigenvalue weighted by atomic mass is 35.5. The third-order valence-electron chi connectivity index (χ3n) is 8.03. The van der Waals surface area contributed by atoms with Crippen LogP contribution in [0.5, 0.6) is 11.5 Å². The van der Waals surface area contributed by atoms with Gasteiger partial charge >= 0.3 is 0 Å². The number of phenolic OH excluding ortho intramolecular Hbond substituents is 2. The quantitative estimate of drug-likeness (QED) is 0.114. The van der Waals surface area contributed by atoms with Crippen LogP contribution in [0.25, 0.3) is 0 Å². The summed E-state index contributed by atoms with van der Waals surface area (Å²) >= 11 is 14.2. The fraction of sp³-hybridized carbons (Fsp3) is 0.667. The Morgan fingerprint density at radius 1 is 0.463 bits per heavy atom. The molecule has 5 heteroatoms. The topological polar surface area (TPSA) is 40.5 Å². The number of hydrogen-bond acceptors (Lipinski definition) is 3. The summed E-state index contributed by atoms with van der Waals surface area (Å²) in [6.45, 7) is 4.53. The predicted octanol–water partition coefficient (Wildman–Crippen LogP) is 13.5. The van der Waals surface area contributed by atoms with Crippen molar-refractivity contribution in [2.75, 3.05) is 0 Å². The Bertz CT molecular complexity index is 901. The first-order valence-corrected chi connectivity index (χ1v) is 18.2. The van der Waals surface area contributed by atoms with Gasteiger partial charge in [-0.15, -0.1) is 0 Å². The van der Waals surface area contributed by atoms with Crippen LogP contribution in [0.1, 0.15) is 153 Å². The van der Waals surface area contributed by atoms with Gasteiger partial charge in [0.25, 0.3) is 0 Å². The highest BCUT2D eigenvalue weighted by Gasteiger charge is 2.15. The lowest BCUT2D eigenvalue weighted by atomic mass is 10.0. The first-order valence-electron chi connectivity index (χ1n) is 16.7. The van der Waals surface area contributed by atoms with E-state index in [-0.39, 0.29) is 11.5 Å². The van der Waals surface area contributed by atoms with Gasteiger partial charge in [0.2, 0.25) is 0 Å². The molecule has 0 aliphatic carbocycles. The highest BCUT2D eigenvalue weighted by Crippen LogP contribution is 2.45. The third-order valence-corrected chi connectivity index (χ3v) is 9.67. The molecule has 0 saturated carbocycles. The molecule has 0 aromatic heterocycles. The number of rotatable bonds is 24. The molecule has 232 valence electrons.